The van der Waals surface area contributed by atoms with Crippen LogP contribution in [0.15, 0.2) is 30.6 Å². The number of para-hydroxylation sites is 1. The maximum absolute atomic E-state index is 4.24. The van der Waals surface area contributed by atoms with E-state index in [1.807, 2.05) is 31.5 Å². The number of nitrogens with one attached hydrogen (secondary N) is 2. The summed E-state index contributed by atoms with van der Waals surface area (Å²) >= 11 is 1.71. The fourth-order valence-corrected chi connectivity index (χ4v) is 2.52. The van der Waals surface area contributed by atoms with Crippen LogP contribution in [0, 0.1) is 6.92 Å². The molecule has 5 heteroatoms. The highest BCUT2D eigenvalue weighted by Gasteiger charge is 2.03. The predicted molar refractivity (Wildman–Crippen MR) is 70.3 cm³/mol. The van der Waals surface area contributed by atoms with Crippen LogP contribution < -0.4 is 5.32 Å². The molecule has 0 saturated heterocycles. The number of benzene rings is 1. The third kappa shape index (κ3) is 2.01. The Hall–Kier alpha value is -1.88. The average Bonchev–Trinajstić information content (AvgIpc) is 2.94. The van der Waals surface area contributed by atoms with Gasteiger partial charge in [-0.2, -0.15) is 5.10 Å². The summed E-state index contributed by atoms with van der Waals surface area (Å²) in [6, 6.07) is 6.12. The summed E-state index contributed by atoms with van der Waals surface area (Å²) in [5.41, 5.74) is 2.12. The lowest BCUT2D eigenvalue weighted by Crippen LogP contribution is -1.97. The summed E-state index contributed by atoms with van der Waals surface area (Å²) < 4.78 is 0. The summed E-state index contributed by atoms with van der Waals surface area (Å²) in [6.07, 6.45) is 3.75. The van der Waals surface area contributed by atoms with Crippen LogP contribution in [0.5, 0.6) is 0 Å². The number of H-pyrrole nitrogens is 1. The van der Waals surface area contributed by atoms with E-state index in [4.69, 9.17) is 0 Å². The summed E-state index contributed by atoms with van der Waals surface area (Å²) in [4.78, 5) is 5.47. The monoisotopic (exact) mass is 244 g/mol. The smallest absolute Gasteiger partial charge is 0.0897 e. The average molecular weight is 244 g/mol. The molecule has 2 N–H and O–H groups in total. The number of aromatic nitrogens is 3. The molecule has 0 atom stereocenters. The Labute approximate surface area is 103 Å². The highest BCUT2D eigenvalue weighted by atomic mass is 32.1. The van der Waals surface area contributed by atoms with Gasteiger partial charge in [-0.3, -0.25) is 5.10 Å². The molecule has 2 heterocycles. The van der Waals surface area contributed by atoms with Crippen molar-refractivity contribution in [3.8, 4) is 0 Å². The topological polar surface area (TPSA) is 53.6 Å². The van der Waals surface area contributed by atoms with Crippen LogP contribution in [0.1, 0.15) is 9.88 Å². The van der Waals surface area contributed by atoms with Crippen molar-refractivity contribution in [3.05, 3.63) is 40.5 Å². The molecule has 3 rings (SSSR count). The first kappa shape index (κ1) is 10.3. The van der Waals surface area contributed by atoms with E-state index in [1.165, 1.54) is 4.88 Å². The van der Waals surface area contributed by atoms with Crippen LogP contribution in [0.25, 0.3) is 10.9 Å². The third-order valence-corrected chi connectivity index (χ3v) is 3.51. The zero-order valence-electron chi connectivity index (χ0n) is 9.40. The molecule has 0 amide bonds. The molecular formula is C12H12N4S. The fraction of sp³-hybridized carbons (Fsp3) is 0.167. The van der Waals surface area contributed by atoms with E-state index in [-0.39, 0.29) is 0 Å². The molecule has 1 aromatic carbocycles. The number of nitrogens with zero attached hydrogens (tertiary/aromatic N) is 2. The highest BCUT2D eigenvalue weighted by molar-refractivity contribution is 7.11. The second-order valence-electron chi connectivity index (χ2n) is 3.84. The Morgan fingerprint density at radius 2 is 2.29 bits per heavy atom. The minimum Gasteiger partial charge on any atom is -0.378 e. The van der Waals surface area contributed by atoms with Crippen molar-refractivity contribution >= 4 is 27.9 Å². The van der Waals surface area contributed by atoms with E-state index in [1.54, 1.807) is 11.3 Å². The van der Waals surface area contributed by atoms with E-state index in [0.29, 0.717) is 0 Å². The van der Waals surface area contributed by atoms with E-state index < -0.39 is 0 Å². The minimum absolute atomic E-state index is 0.795. The summed E-state index contributed by atoms with van der Waals surface area (Å²) in [6.45, 7) is 2.81. The largest absolute Gasteiger partial charge is 0.378 e. The lowest BCUT2D eigenvalue weighted by molar-refractivity contribution is 1.11. The molecule has 17 heavy (non-hydrogen) atoms. The van der Waals surface area contributed by atoms with Crippen molar-refractivity contribution in [2.45, 2.75) is 13.5 Å². The van der Waals surface area contributed by atoms with E-state index in [2.05, 4.69) is 26.6 Å². The van der Waals surface area contributed by atoms with Gasteiger partial charge in [-0.1, -0.05) is 12.1 Å². The van der Waals surface area contributed by atoms with Gasteiger partial charge in [0.05, 0.1) is 29.0 Å². The molecule has 0 unspecified atom stereocenters. The van der Waals surface area contributed by atoms with Crippen molar-refractivity contribution in [3.63, 3.8) is 0 Å². The SMILES string of the molecule is Cc1ncc(CNc2cccc3cn[nH]c23)s1. The molecule has 0 saturated carbocycles. The van der Waals surface area contributed by atoms with Gasteiger partial charge in [0, 0.05) is 16.5 Å². The fourth-order valence-electron chi connectivity index (χ4n) is 1.79. The van der Waals surface area contributed by atoms with Crippen LogP contribution in [0.4, 0.5) is 5.69 Å². The minimum atomic E-state index is 0.795. The number of fused-ring (bicyclic) bond motifs is 1. The van der Waals surface area contributed by atoms with Crippen molar-refractivity contribution in [1.29, 1.82) is 0 Å². The van der Waals surface area contributed by atoms with Crippen LogP contribution in [-0.2, 0) is 6.54 Å². The van der Waals surface area contributed by atoms with Gasteiger partial charge in [0.15, 0.2) is 0 Å². The van der Waals surface area contributed by atoms with E-state index in [0.717, 1.165) is 28.1 Å². The molecule has 0 aliphatic rings. The molecule has 4 nitrogen and oxygen atoms in total. The second-order valence-corrected chi connectivity index (χ2v) is 5.16. The van der Waals surface area contributed by atoms with Gasteiger partial charge < -0.3 is 5.32 Å². The number of hydrogen-bond donors (Lipinski definition) is 2. The van der Waals surface area contributed by atoms with Gasteiger partial charge >= 0.3 is 0 Å². The first-order chi connectivity index (χ1) is 8.33. The number of thiazole rings is 1. The van der Waals surface area contributed by atoms with Gasteiger partial charge in [-0.15, -0.1) is 11.3 Å². The van der Waals surface area contributed by atoms with Crippen molar-refractivity contribution in [2.24, 2.45) is 0 Å². The van der Waals surface area contributed by atoms with Crippen molar-refractivity contribution in [2.75, 3.05) is 5.32 Å². The number of anilines is 1. The molecular weight excluding hydrogens is 232 g/mol. The summed E-state index contributed by atoms with van der Waals surface area (Å²) in [5.74, 6) is 0. The first-order valence-corrected chi connectivity index (χ1v) is 6.22. The van der Waals surface area contributed by atoms with Gasteiger partial charge in [0.1, 0.15) is 0 Å². The molecule has 2 aromatic heterocycles. The van der Waals surface area contributed by atoms with Gasteiger partial charge in [0.2, 0.25) is 0 Å². The molecule has 86 valence electrons. The Kier molecular flexibility index (Phi) is 2.53. The van der Waals surface area contributed by atoms with Gasteiger partial charge in [-0.05, 0) is 13.0 Å². The Morgan fingerprint density at radius 1 is 1.35 bits per heavy atom. The molecule has 0 radical (unpaired) electrons. The highest BCUT2D eigenvalue weighted by Crippen LogP contribution is 2.21. The van der Waals surface area contributed by atoms with Crippen LogP contribution in [0.3, 0.4) is 0 Å². The van der Waals surface area contributed by atoms with Crippen LogP contribution >= 0.6 is 11.3 Å². The normalized spacial score (nSPS) is 10.9. The second kappa shape index (κ2) is 4.18. The van der Waals surface area contributed by atoms with Crippen LogP contribution in [-0.4, -0.2) is 15.2 Å². The number of aryl methyl sites for hydroxylation is 1. The maximum Gasteiger partial charge on any atom is 0.0897 e. The summed E-state index contributed by atoms with van der Waals surface area (Å²) in [7, 11) is 0. The standard InChI is InChI=1S/C12H12N4S/c1-8-13-6-10(17-8)7-14-11-4-2-3-9-5-15-16-12(9)11/h2-6,14H,7H2,1H3,(H,15,16). The van der Waals surface area contributed by atoms with Gasteiger partial charge in [0.25, 0.3) is 0 Å². The number of aromatic amines is 1. The molecule has 3 aromatic rings. The zero-order chi connectivity index (χ0) is 11.7. The predicted octanol–water partition coefficient (Wildman–Crippen LogP) is 2.94. The molecule has 0 aliphatic heterocycles. The molecule has 0 spiro atoms. The Morgan fingerprint density at radius 3 is 3.12 bits per heavy atom. The van der Waals surface area contributed by atoms with Gasteiger partial charge in [-0.25, -0.2) is 4.98 Å². The number of rotatable bonds is 3. The lowest BCUT2D eigenvalue weighted by atomic mass is 10.2. The maximum atomic E-state index is 4.24. The first-order valence-electron chi connectivity index (χ1n) is 5.40. The summed E-state index contributed by atoms with van der Waals surface area (Å²) in [5, 5.41) is 12.7. The quantitative estimate of drug-likeness (QED) is 0.744. The Bertz CT molecular complexity index is 641. The van der Waals surface area contributed by atoms with Crippen LogP contribution in [0.2, 0.25) is 0 Å². The van der Waals surface area contributed by atoms with E-state index >= 15 is 0 Å². The van der Waals surface area contributed by atoms with Crippen molar-refractivity contribution in [1.82, 2.24) is 15.2 Å². The molecule has 0 aliphatic carbocycles. The van der Waals surface area contributed by atoms with Crippen molar-refractivity contribution < 1.29 is 0 Å². The lowest BCUT2D eigenvalue weighted by Gasteiger charge is -2.05. The Balaban J connectivity index is 1.83. The zero-order valence-corrected chi connectivity index (χ0v) is 10.2. The molecule has 0 fully saturated rings. The van der Waals surface area contributed by atoms with E-state index in [9.17, 15) is 0 Å². The third-order valence-electron chi connectivity index (χ3n) is 2.60. The molecule has 0 bridgehead atoms. The number of hydrogen-bond acceptors (Lipinski definition) is 4.